The highest BCUT2D eigenvalue weighted by molar-refractivity contribution is 6.00. The molecule has 0 radical (unpaired) electrons. The Kier molecular flexibility index (Phi) is 2.97. The molecule has 4 heteroatoms. The Hall–Kier alpha value is -1.55. The topological polar surface area (TPSA) is 50.4 Å². The molecule has 1 fully saturated rings. The van der Waals surface area contributed by atoms with Crippen LogP contribution < -0.4 is 15.4 Å². The average molecular weight is 260 g/mol. The number of benzene rings is 1. The summed E-state index contributed by atoms with van der Waals surface area (Å²) in [7, 11) is 0. The first-order chi connectivity index (χ1) is 9.04. The van der Waals surface area contributed by atoms with Gasteiger partial charge in [0.15, 0.2) is 5.60 Å². The second-order valence-corrected chi connectivity index (χ2v) is 5.96. The van der Waals surface area contributed by atoms with Gasteiger partial charge in [-0.15, -0.1) is 0 Å². The van der Waals surface area contributed by atoms with Crippen molar-refractivity contribution in [3.05, 3.63) is 23.8 Å². The number of fused-ring (bicyclic) bond motifs is 1. The Morgan fingerprint density at radius 1 is 1.42 bits per heavy atom. The highest BCUT2D eigenvalue weighted by Crippen LogP contribution is 2.34. The van der Waals surface area contributed by atoms with Crippen molar-refractivity contribution in [1.82, 2.24) is 5.32 Å². The Morgan fingerprint density at radius 2 is 2.26 bits per heavy atom. The Balaban J connectivity index is 1.81. The van der Waals surface area contributed by atoms with E-state index in [4.69, 9.17) is 4.74 Å². The summed E-state index contributed by atoms with van der Waals surface area (Å²) in [5, 5.41) is 6.28. The van der Waals surface area contributed by atoms with Crippen molar-refractivity contribution in [3.63, 3.8) is 0 Å². The summed E-state index contributed by atoms with van der Waals surface area (Å²) >= 11 is 0. The van der Waals surface area contributed by atoms with Crippen molar-refractivity contribution in [3.8, 4) is 5.75 Å². The molecule has 0 aliphatic carbocycles. The second kappa shape index (κ2) is 4.53. The lowest BCUT2D eigenvalue weighted by Crippen LogP contribution is -2.45. The fourth-order valence-corrected chi connectivity index (χ4v) is 2.70. The Morgan fingerprint density at radius 3 is 3.00 bits per heavy atom. The highest BCUT2D eigenvalue weighted by atomic mass is 16.5. The van der Waals surface area contributed by atoms with Crippen molar-refractivity contribution in [2.75, 3.05) is 18.4 Å². The predicted octanol–water partition coefficient (Wildman–Crippen LogP) is 1.95. The van der Waals surface area contributed by atoms with Gasteiger partial charge in [0.05, 0.1) is 5.69 Å². The summed E-state index contributed by atoms with van der Waals surface area (Å²) in [6, 6.07) is 6.09. The minimum Gasteiger partial charge on any atom is -0.476 e. The van der Waals surface area contributed by atoms with Crippen LogP contribution in [0.3, 0.4) is 0 Å². The standard InChI is InChI=1S/C15H20N2O2/c1-15(2)14(18)17-12-4-3-10(8-13(12)19-15)7-11-5-6-16-9-11/h3-4,8,11,16H,5-7,9H2,1-2H3,(H,17,18). The third-order valence-corrected chi connectivity index (χ3v) is 3.89. The quantitative estimate of drug-likeness (QED) is 0.854. The highest BCUT2D eigenvalue weighted by Gasteiger charge is 2.35. The Labute approximate surface area is 113 Å². The molecule has 2 aliphatic rings. The SMILES string of the molecule is CC1(C)Oc2cc(CC3CCNC3)ccc2NC1=O. The zero-order valence-electron chi connectivity index (χ0n) is 11.5. The molecule has 1 aromatic carbocycles. The van der Waals surface area contributed by atoms with E-state index in [0.717, 1.165) is 30.9 Å². The van der Waals surface area contributed by atoms with Crippen LogP contribution in [0.4, 0.5) is 5.69 Å². The first-order valence-electron chi connectivity index (χ1n) is 6.89. The molecule has 2 aliphatic heterocycles. The van der Waals surface area contributed by atoms with E-state index in [9.17, 15) is 4.79 Å². The minimum atomic E-state index is -0.791. The molecule has 2 heterocycles. The molecule has 3 rings (SSSR count). The fourth-order valence-electron chi connectivity index (χ4n) is 2.70. The van der Waals surface area contributed by atoms with E-state index in [1.54, 1.807) is 13.8 Å². The minimum absolute atomic E-state index is 0.0901. The number of carbonyl (C=O) groups is 1. The zero-order valence-corrected chi connectivity index (χ0v) is 11.5. The van der Waals surface area contributed by atoms with Gasteiger partial charge in [0.25, 0.3) is 5.91 Å². The number of anilines is 1. The number of carbonyl (C=O) groups excluding carboxylic acids is 1. The molecule has 1 atom stereocenters. The van der Waals surface area contributed by atoms with Crippen LogP contribution >= 0.6 is 0 Å². The van der Waals surface area contributed by atoms with E-state index in [2.05, 4.69) is 22.8 Å². The number of rotatable bonds is 2. The first kappa shape index (κ1) is 12.5. The molecule has 0 saturated carbocycles. The van der Waals surface area contributed by atoms with Gasteiger partial charge in [-0.3, -0.25) is 4.79 Å². The number of ether oxygens (including phenoxy) is 1. The summed E-state index contributed by atoms with van der Waals surface area (Å²) in [5.41, 5.74) is 1.26. The maximum absolute atomic E-state index is 11.8. The smallest absolute Gasteiger partial charge is 0.268 e. The number of hydrogen-bond acceptors (Lipinski definition) is 3. The van der Waals surface area contributed by atoms with Crippen molar-refractivity contribution < 1.29 is 9.53 Å². The third kappa shape index (κ3) is 2.45. The number of nitrogens with one attached hydrogen (secondary N) is 2. The fraction of sp³-hybridized carbons (Fsp3) is 0.533. The van der Waals surface area contributed by atoms with Crippen LogP contribution in [0.15, 0.2) is 18.2 Å². The summed E-state index contributed by atoms with van der Waals surface area (Å²) < 4.78 is 5.81. The van der Waals surface area contributed by atoms with Gasteiger partial charge < -0.3 is 15.4 Å². The number of amides is 1. The molecule has 2 N–H and O–H groups in total. The molecule has 0 aromatic heterocycles. The second-order valence-electron chi connectivity index (χ2n) is 5.96. The van der Waals surface area contributed by atoms with Crippen LogP contribution in [0, 0.1) is 5.92 Å². The van der Waals surface area contributed by atoms with Crippen LogP contribution in [0.2, 0.25) is 0 Å². The predicted molar refractivity (Wildman–Crippen MR) is 74.5 cm³/mol. The van der Waals surface area contributed by atoms with Gasteiger partial charge in [0.1, 0.15) is 5.75 Å². The van der Waals surface area contributed by atoms with Gasteiger partial charge in [0.2, 0.25) is 0 Å². The van der Waals surface area contributed by atoms with E-state index in [1.165, 1.54) is 12.0 Å². The first-order valence-corrected chi connectivity index (χ1v) is 6.89. The van der Waals surface area contributed by atoms with Gasteiger partial charge in [-0.2, -0.15) is 0 Å². The molecular formula is C15H20N2O2. The van der Waals surface area contributed by atoms with E-state index < -0.39 is 5.60 Å². The lowest BCUT2D eigenvalue weighted by atomic mass is 9.97. The molecule has 0 spiro atoms. The normalized spacial score (nSPS) is 24.5. The molecule has 4 nitrogen and oxygen atoms in total. The summed E-state index contributed by atoms with van der Waals surface area (Å²) in [5.74, 6) is 1.41. The monoisotopic (exact) mass is 260 g/mol. The lowest BCUT2D eigenvalue weighted by Gasteiger charge is -2.31. The molecule has 19 heavy (non-hydrogen) atoms. The van der Waals surface area contributed by atoms with Gasteiger partial charge in [0, 0.05) is 0 Å². The van der Waals surface area contributed by atoms with Gasteiger partial charge in [-0.25, -0.2) is 0 Å². The van der Waals surface area contributed by atoms with Crippen LogP contribution in [0.25, 0.3) is 0 Å². The largest absolute Gasteiger partial charge is 0.476 e. The molecule has 1 unspecified atom stereocenters. The zero-order chi connectivity index (χ0) is 13.5. The maximum atomic E-state index is 11.8. The van der Waals surface area contributed by atoms with Gasteiger partial charge >= 0.3 is 0 Å². The van der Waals surface area contributed by atoms with Crippen LogP contribution in [0.1, 0.15) is 25.8 Å². The van der Waals surface area contributed by atoms with E-state index in [1.807, 2.05) is 6.07 Å². The molecule has 1 aromatic rings. The Bertz CT molecular complexity index is 505. The summed E-state index contributed by atoms with van der Waals surface area (Å²) in [6.07, 6.45) is 2.30. The summed E-state index contributed by atoms with van der Waals surface area (Å²) in [6.45, 7) is 5.80. The summed E-state index contributed by atoms with van der Waals surface area (Å²) in [4.78, 5) is 11.8. The van der Waals surface area contributed by atoms with Crippen molar-refractivity contribution >= 4 is 11.6 Å². The van der Waals surface area contributed by atoms with E-state index >= 15 is 0 Å². The molecule has 1 amide bonds. The number of hydrogen-bond donors (Lipinski definition) is 2. The van der Waals surface area contributed by atoms with Crippen molar-refractivity contribution in [2.45, 2.75) is 32.3 Å². The van der Waals surface area contributed by atoms with Gasteiger partial charge in [-0.05, 0) is 63.4 Å². The van der Waals surface area contributed by atoms with E-state index in [0.29, 0.717) is 5.92 Å². The molecule has 102 valence electrons. The van der Waals surface area contributed by atoms with Crippen LogP contribution in [-0.2, 0) is 11.2 Å². The third-order valence-electron chi connectivity index (χ3n) is 3.89. The van der Waals surface area contributed by atoms with Crippen LogP contribution in [0.5, 0.6) is 5.75 Å². The molecular weight excluding hydrogens is 240 g/mol. The van der Waals surface area contributed by atoms with Crippen LogP contribution in [-0.4, -0.2) is 24.6 Å². The van der Waals surface area contributed by atoms with Crippen molar-refractivity contribution in [1.29, 1.82) is 0 Å². The maximum Gasteiger partial charge on any atom is 0.268 e. The lowest BCUT2D eigenvalue weighted by molar-refractivity contribution is -0.129. The molecule has 0 bridgehead atoms. The van der Waals surface area contributed by atoms with Gasteiger partial charge in [-0.1, -0.05) is 6.07 Å². The average Bonchev–Trinajstić information content (AvgIpc) is 2.83. The van der Waals surface area contributed by atoms with Crippen molar-refractivity contribution in [2.24, 2.45) is 5.92 Å². The van der Waals surface area contributed by atoms with E-state index in [-0.39, 0.29) is 5.91 Å². The molecule has 1 saturated heterocycles.